The van der Waals surface area contributed by atoms with Crippen molar-refractivity contribution in [3.63, 3.8) is 0 Å². The molecular weight excluding hydrogens is 274 g/mol. The van der Waals surface area contributed by atoms with Crippen LogP contribution in [0.25, 0.3) is 0 Å². The van der Waals surface area contributed by atoms with E-state index in [1.54, 1.807) is 12.1 Å². The Hall–Kier alpha value is -1.94. The first-order valence-electron chi connectivity index (χ1n) is 7.00. The van der Waals surface area contributed by atoms with Crippen LogP contribution in [0.15, 0.2) is 42.5 Å². The average molecular weight is 290 g/mol. The van der Waals surface area contributed by atoms with Gasteiger partial charge >= 0.3 is 0 Å². The molecule has 0 radical (unpaired) electrons. The number of rotatable bonds is 5. The molecule has 2 nitrogen and oxygen atoms in total. The topological polar surface area (TPSA) is 29.5 Å². The van der Waals surface area contributed by atoms with Crippen molar-refractivity contribution in [3.05, 3.63) is 65.2 Å². The molecule has 2 aromatic rings. The fraction of sp³-hybridized carbons (Fsp3) is 0.294. The zero-order valence-corrected chi connectivity index (χ0v) is 11.4. The number of halogens is 2. The molecule has 1 fully saturated rings. The summed E-state index contributed by atoms with van der Waals surface area (Å²) in [5, 5.41) is 10.2. The van der Waals surface area contributed by atoms with Gasteiger partial charge in [-0.05, 0) is 48.2 Å². The molecule has 0 aliphatic heterocycles. The summed E-state index contributed by atoms with van der Waals surface area (Å²) in [6, 6.07) is 10.9. The Morgan fingerprint density at radius 2 is 1.90 bits per heavy atom. The van der Waals surface area contributed by atoms with E-state index in [2.05, 4.69) is 0 Å². The van der Waals surface area contributed by atoms with E-state index in [1.807, 2.05) is 12.1 Å². The summed E-state index contributed by atoms with van der Waals surface area (Å²) in [7, 11) is 0. The van der Waals surface area contributed by atoms with Crippen molar-refractivity contribution < 1.29 is 18.6 Å². The highest BCUT2D eigenvalue weighted by Crippen LogP contribution is 2.29. The second-order valence-electron chi connectivity index (χ2n) is 5.36. The highest BCUT2D eigenvalue weighted by molar-refractivity contribution is 5.31. The molecule has 4 heteroatoms. The minimum atomic E-state index is -0.898. The van der Waals surface area contributed by atoms with Crippen molar-refractivity contribution in [3.8, 4) is 5.75 Å². The van der Waals surface area contributed by atoms with Crippen LogP contribution in [0.5, 0.6) is 5.75 Å². The normalized spacial score (nSPS) is 15.8. The van der Waals surface area contributed by atoms with Gasteiger partial charge in [-0.15, -0.1) is 0 Å². The minimum Gasteiger partial charge on any atom is -0.490 e. The SMILES string of the molecule is OC(Cc1ccc(F)c(F)c1)c1cccc(OC2CC2)c1. The van der Waals surface area contributed by atoms with E-state index in [-0.39, 0.29) is 6.42 Å². The Balaban J connectivity index is 1.71. The molecule has 1 saturated carbocycles. The monoisotopic (exact) mass is 290 g/mol. The Morgan fingerprint density at radius 1 is 1.10 bits per heavy atom. The number of aliphatic hydroxyl groups is 1. The minimum absolute atomic E-state index is 0.226. The molecule has 110 valence electrons. The summed E-state index contributed by atoms with van der Waals surface area (Å²) in [5.41, 5.74) is 1.26. The van der Waals surface area contributed by atoms with E-state index in [4.69, 9.17) is 4.74 Å². The number of ether oxygens (including phenoxy) is 1. The maximum Gasteiger partial charge on any atom is 0.159 e. The molecule has 0 saturated heterocycles. The lowest BCUT2D eigenvalue weighted by atomic mass is 10.0. The lowest BCUT2D eigenvalue weighted by Crippen LogP contribution is -2.04. The number of aliphatic hydroxyl groups excluding tert-OH is 1. The van der Waals surface area contributed by atoms with Gasteiger partial charge in [-0.2, -0.15) is 0 Å². The smallest absolute Gasteiger partial charge is 0.159 e. The Bertz CT molecular complexity index is 638. The molecule has 0 heterocycles. The van der Waals surface area contributed by atoms with Gasteiger partial charge in [-0.1, -0.05) is 18.2 Å². The zero-order valence-electron chi connectivity index (χ0n) is 11.4. The zero-order chi connectivity index (χ0) is 14.8. The van der Waals surface area contributed by atoms with Crippen LogP contribution in [0, 0.1) is 11.6 Å². The third kappa shape index (κ3) is 3.58. The average Bonchev–Trinajstić information content (AvgIpc) is 3.27. The molecule has 0 bridgehead atoms. The maximum absolute atomic E-state index is 13.2. The molecule has 0 aromatic heterocycles. The second-order valence-corrected chi connectivity index (χ2v) is 5.36. The van der Waals surface area contributed by atoms with Crippen molar-refractivity contribution >= 4 is 0 Å². The molecule has 1 aliphatic rings. The number of benzene rings is 2. The van der Waals surface area contributed by atoms with Crippen molar-refractivity contribution in [1.82, 2.24) is 0 Å². The van der Waals surface area contributed by atoms with Gasteiger partial charge in [0.05, 0.1) is 12.2 Å². The predicted molar refractivity (Wildman–Crippen MR) is 75.1 cm³/mol. The van der Waals surface area contributed by atoms with Crippen molar-refractivity contribution in [2.24, 2.45) is 0 Å². The van der Waals surface area contributed by atoms with Gasteiger partial charge in [-0.3, -0.25) is 0 Å². The predicted octanol–water partition coefficient (Wildman–Crippen LogP) is 3.78. The van der Waals surface area contributed by atoms with E-state index in [0.717, 1.165) is 30.7 Å². The van der Waals surface area contributed by atoms with Gasteiger partial charge in [0.15, 0.2) is 11.6 Å². The lowest BCUT2D eigenvalue weighted by molar-refractivity contribution is 0.177. The first-order valence-corrected chi connectivity index (χ1v) is 7.00. The van der Waals surface area contributed by atoms with E-state index >= 15 is 0 Å². The first kappa shape index (κ1) is 14.0. The Kier molecular flexibility index (Phi) is 3.88. The Labute approximate surface area is 122 Å². The molecule has 1 atom stereocenters. The largest absolute Gasteiger partial charge is 0.490 e. The van der Waals surface area contributed by atoms with Crippen molar-refractivity contribution in [2.75, 3.05) is 0 Å². The van der Waals surface area contributed by atoms with E-state index in [9.17, 15) is 13.9 Å². The molecule has 3 rings (SSSR count). The lowest BCUT2D eigenvalue weighted by Gasteiger charge is -2.13. The van der Waals surface area contributed by atoms with Gasteiger partial charge < -0.3 is 9.84 Å². The molecule has 1 N–H and O–H groups in total. The highest BCUT2D eigenvalue weighted by atomic mass is 19.2. The standard InChI is InChI=1S/C17H16F2O2/c18-15-7-4-11(8-16(15)19)9-17(20)12-2-1-3-14(10-12)21-13-5-6-13/h1-4,7-8,10,13,17,20H,5-6,9H2. The van der Waals surface area contributed by atoms with Crippen LogP contribution in [-0.2, 0) is 6.42 Å². The summed E-state index contributed by atoms with van der Waals surface area (Å²) in [4.78, 5) is 0. The summed E-state index contributed by atoms with van der Waals surface area (Å²) < 4.78 is 31.7. The van der Waals surface area contributed by atoms with Gasteiger partial charge in [0.2, 0.25) is 0 Å². The van der Waals surface area contributed by atoms with Crippen LogP contribution in [-0.4, -0.2) is 11.2 Å². The first-order chi connectivity index (χ1) is 10.1. The van der Waals surface area contributed by atoms with Crippen LogP contribution < -0.4 is 4.74 Å². The maximum atomic E-state index is 13.2. The Morgan fingerprint density at radius 3 is 2.62 bits per heavy atom. The van der Waals surface area contributed by atoms with Crippen molar-refractivity contribution in [2.45, 2.75) is 31.5 Å². The van der Waals surface area contributed by atoms with Gasteiger partial charge in [0.25, 0.3) is 0 Å². The molecule has 1 unspecified atom stereocenters. The van der Waals surface area contributed by atoms with Crippen LogP contribution in [0.3, 0.4) is 0 Å². The summed E-state index contributed by atoms with van der Waals surface area (Å²) in [6.07, 6.45) is 1.88. The van der Waals surface area contributed by atoms with E-state index in [1.165, 1.54) is 6.07 Å². The third-order valence-corrected chi connectivity index (χ3v) is 3.48. The summed E-state index contributed by atoms with van der Waals surface area (Å²) in [5.74, 6) is -1.04. The molecule has 1 aliphatic carbocycles. The molecular formula is C17H16F2O2. The second kappa shape index (κ2) is 5.82. The van der Waals surface area contributed by atoms with Gasteiger partial charge in [-0.25, -0.2) is 8.78 Å². The van der Waals surface area contributed by atoms with E-state index in [0.29, 0.717) is 17.2 Å². The fourth-order valence-corrected chi connectivity index (χ4v) is 2.18. The van der Waals surface area contributed by atoms with Gasteiger partial charge in [0, 0.05) is 6.42 Å². The van der Waals surface area contributed by atoms with Crippen LogP contribution in [0.1, 0.15) is 30.1 Å². The highest BCUT2D eigenvalue weighted by Gasteiger charge is 2.23. The quantitative estimate of drug-likeness (QED) is 0.908. The number of hydrogen-bond donors (Lipinski definition) is 1. The summed E-state index contributed by atoms with van der Waals surface area (Å²) in [6.45, 7) is 0. The fourth-order valence-electron chi connectivity index (χ4n) is 2.18. The number of hydrogen-bond acceptors (Lipinski definition) is 2. The third-order valence-electron chi connectivity index (χ3n) is 3.48. The molecule has 2 aromatic carbocycles. The molecule has 0 spiro atoms. The summed E-state index contributed by atoms with van der Waals surface area (Å²) >= 11 is 0. The van der Waals surface area contributed by atoms with Gasteiger partial charge in [0.1, 0.15) is 5.75 Å². The van der Waals surface area contributed by atoms with Crippen LogP contribution in [0.4, 0.5) is 8.78 Å². The van der Waals surface area contributed by atoms with Crippen LogP contribution >= 0.6 is 0 Å². The van der Waals surface area contributed by atoms with E-state index < -0.39 is 17.7 Å². The van der Waals surface area contributed by atoms with Crippen molar-refractivity contribution in [1.29, 1.82) is 0 Å². The van der Waals surface area contributed by atoms with Crippen LogP contribution in [0.2, 0.25) is 0 Å². The molecule has 0 amide bonds. The molecule has 21 heavy (non-hydrogen) atoms.